The van der Waals surface area contributed by atoms with E-state index in [1.54, 1.807) is 11.6 Å². The second kappa shape index (κ2) is 12.6. The molecule has 9 heteroatoms. The summed E-state index contributed by atoms with van der Waals surface area (Å²) >= 11 is 0. The molecule has 198 valence electrons. The van der Waals surface area contributed by atoms with Crippen LogP contribution in [0.15, 0.2) is 60.0 Å². The van der Waals surface area contributed by atoms with Crippen LogP contribution in [0.1, 0.15) is 54.9 Å². The smallest absolute Gasteiger partial charge is 0.197 e. The minimum atomic E-state index is -3.42. The molecule has 1 N–H and O–H groups in total. The molecule has 0 saturated heterocycles. The van der Waals surface area contributed by atoms with E-state index in [1.807, 2.05) is 24.3 Å². The summed E-state index contributed by atoms with van der Waals surface area (Å²) in [6, 6.07) is 17.0. The number of nitrogens with zero attached hydrogens (tertiary/aromatic N) is 3. The molecular formula is C28H35ClN4O3S. The molecule has 3 aromatic rings. The van der Waals surface area contributed by atoms with Gasteiger partial charge in [0.05, 0.1) is 30.3 Å². The van der Waals surface area contributed by atoms with Crippen molar-refractivity contribution in [2.75, 3.05) is 12.4 Å². The van der Waals surface area contributed by atoms with E-state index in [4.69, 9.17) is 4.74 Å². The molecule has 2 unspecified atom stereocenters. The van der Waals surface area contributed by atoms with Crippen LogP contribution in [0.25, 0.3) is 0 Å². The minimum Gasteiger partial charge on any atom is -0.494 e. The maximum Gasteiger partial charge on any atom is 0.197 e. The fraction of sp³-hybridized carbons (Fsp3) is 0.429. The van der Waals surface area contributed by atoms with Crippen LogP contribution in [-0.2, 0) is 29.7 Å². The van der Waals surface area contributed by atoms with Gasteiger partial charge < -0.3 is 14.6 Å². The molecule has 0 fully saturated rings. The van der Waals surface area contributed by atoms with Gasteiger partial charge in [0.25, 0.3) is 0 Å². The van der Waals surface area contributed by atoms with Crippen LogP contribution in [0.5, 0.6) is 5.75 Å². The largest absolute Gasteiger partial charge is 0.494 e. The van der Waals surface area contributed by atoms with E-state index in [2.05, 4.69) is 48.4 Å². The molecule has 1 aromatic heterocycles. The maximum absolute atomic E-state index is 12.5. The third-order valence-electron chi connectivity index (χ3n) is 6.61. The van der Waals surface area contributed by atoms with Crippen molar-refractivity contribution in [1.29, 1.82) is 5.26 Å². The molecule has 0 spiro atoms. The third-order valence-corrected chi connectivity index (χ3v) is 8.29. The van der Waals surface area contributed by atoms with Gasteiger partial charge in [-0.3, -0.25) is 0 Å². The molecular weight excluding hydrogens is 508 g/mol. The summed E-state index contributed by atoms with van der Waals surface area (Å²) in [5, 5.41) is 13.2. The van der Waals surface area contributed by atoms with E-state index in [1.165, 1.54) is 23.7 Å². The van der Waals surface area contributed by atoms with Gasteiger partial charge in [-0.25, -0.2) is 13.4 Å². The van der Waals surface area contributed by atoms with Crippen molar-refractivity contribution in [3.8, 4) is 11.8 Å². The van der Waals surface area contributed by atoms with Gasteiger partial charge in [0.2, 0.25) is 0 Å². The van der Waals surface area contributed by atoms with Crippen LogP contribution in [0.4, 0.5) is 0 Å². The summed E-state index contributed by atoms with van der Waals surface area (Å²) in [6.07, 6.45) is 6.28. The van der Waals surface area contributed by atoms with Crippen LogP contribution < -0.4 is 10.1 Å². The molecule has 7 nitrogen and oxygen atoms in total. The summed E-state index contributed by atoms with van der Waals surface area (Å²) in [5.74, 6) is 0.996. The number of nitriles is 1. The highest BCUT2D eigenvalue weighted by Crippen LogP contribution is 2.37. The first-order chi connectivity index (χ1) is 17.2. The zero-order chi connectivity index (χ0) is 25.7. The molecule has 2 aromatic carbocycles. The van der Waals surface area contributed by atoms with Crippen LogP contribution in [0.3, 0.4) is 0 Å². The summed E-state index contributed by atoms with van der Waals surface area (Å²) < 4.78 is 32.6. The summed E-state index contributed by atoms with van der Waals surface area (Å²) in [4.78, 5) is 3.96. The first kappa shape index (κ1) is 28.7. The van der Waals surface area contributed by atoms with Gasteiger partial charge >= 0.3 is 0 Å². The molecule has 37 heavy (non-hydrogen) atoms. The quantitative estimate of drug-likeness (QED) is 0.376. The molecule has 4 rings (SSSR count). The monoisotopic (exact) mass is 542 g/mol. The lowest BCUT2D eigenvalue weighted by atomic mass is 9.76. The van der Waals surface area contributed by atoms with Gasteiger partial charge in [0.1, 0.15) is 5.75 Å². The fourth-order valence-electron chi connectivity index (χ4n) is 4.96. The van der Waals surface area contributed by atoms with E-state index >= 15 is 0 Å². The Balaban J connectivity index is 0.00000380. The zero-order valence-electron chi connectivity index (χ0n) is 21.6. The Morgan fingerprint density at radius 2 is 2.05 bits per heavy atom. The number of hydrogen-bond donors (Lipinski definition) is 1. The highest BCUT2D eigenvalue weighted by molar-refractivity contribution is 7.91. The molecule has 0 saturated carbocycles. The summed E-state index contributed by atoms with van der Waals surface area (Å²) in [6.45, 7) is 4.65. The predicted molar refractivity (Wildman–Crippen MR) is 147 cm³/mol. The van der Waals surface area contributed by atoms with Gasteiger partial charge in [0, 0.05) is 31.2 Å². The van der Waals surface area contributed by atoms with Gasteiger partial charge in [0.15, 0.2) is 14.9 Å². The first-order valence-electron chi connectivity index (χ1n) is 12.5. The second-order valence-corrected chi connectivity index (χ2v) is 11.9. The SMILES string of the molecule is CC(C)NC1CCc2ccc(OCCCS(=O)(=O)c3cn(C)cn3)cc2C1Cc1cccc(C#N)c1.Cl. The van der Waals surface area contributed by atoms with Crippen LogP contribution in [-0.4, -0.2) is 42.4 Å². The number of nitrogens with one attached hydrogen (secondary N) is 1. The van der Waals surface area contributed by atoms with E-state index in [-0.39, 0.29) is 29.1 Å². The number of benzene rings is 2. The van der Waals surface area contributed by atoms with Crippen molar-refractivity contribution in [3.05, 3.63) is 77.2 Å². The summed E-state index contributed by atoms with van der Waals surface area (Å²) in [7, 11) is -1.67. The normalized spacial score (nSPS) is 17.1. The van der Waals surface area contributed by atoms with Crippen LogP contribution >= 0.6 is 12.4 Å². The van der Waals surface area contributed by atoms with Gasteiger partial charge in [-0.1, -0.05) is 32.0 Å². The number of halogens is 1. The van der Waals surface area contributed by atoms with Gasteiger partial charge in [-0.15, -0.1) is 12.4 Å². The number of ether oxygens (including phenoxy) is 1. The Kier molecular flexibility index (Phi) is 9.77. The van der Waals surface area contributed by atoms with E-state index < -0.39 is 9.84 Å². The standard InChI is InChI=1S/C28H34N4O3S.ClH/c1-20(2)31-27-11-9-23-8-10-24(35-12-5-13-36(33,34)28-18-32(3)19-30-28)16-25(23)26(27)15-21-6-4-7-22(14-21)17-29;/h4,6-8,10,14,16,18-20,26-27,31H,5,9,11-13,15H2,1-3H3;1H. The Labute approximate surface area is 226 Å². The lowest BCUT2D eigenvalue weighted by molar-refractivity contribution is 0.314. The molecule has 0 amide bonds. The van der Waals surface area contributed by atoms with E-state index in [0.717, 1.165) is 30.6 Å². The molecule has 2 atom stereocenters. The lowest BCUT2D eigenvalue weighted by Gasteiger charge is -2.36. The minimum absolute atomic E-state index is 0. The van der Waals surface area contributed by atoms with Crippen LogP contribution in [0, 0.1) is 11.3 Å². The fourth-order valence-corrected chi connectivity index (χ4v) is 6.20. The topological polar surface area (TPSA) is 97.0 Å². The molecule has 0 bridgehead atoms. The van der Waals surface area contributed by atoms with Crippen molar-refractivity contribution >= 4 is 22.2 Å². The van der Waals surface area contributed by atoms with Crippen LogP contribution in [0.2, 0.25) is 0 Å². The van der Waals surface area contributed by atoms with Crippen molar-refractivity contribution in [2.24, 2.45) is 7.05 Å². The Morgan fingerprint density at radius 1 is 1.24 bits per heavy atom. The second-order valence-electron chi connectivity index (χ2n) is 9.85. The molecule has 0 aliphatic heterocycles. The summed E-state index contributed by atoms with van der Waals surface area (Å²) in [5.41, 5.74) is 4.41. The average Bonchev–Trinajstić information content (AvgIpc) is 3.30. The van der Waals surface area contributed by atoms with Crippen molar-refractivity contribution in [1.82, 2.24) is 14.9 Å². The number of aryl methyl sites for hydroxylation is 2. The molecule has 0 radical (unpaired) electrons. The molecule has 1 heterocycles. The number of sulfone groups is 1. The first-order valence-corrected chi connectivity index (χ1v) is 14.1. The number of rotatable bonds is 10. The Bertz CT molecular complexity index is 1350. The van der Waals surface area contributed by atoms with Crippen molar-refractivity contribution in [3.63, 3.8) is 0 Å². The Morgan fingerprint density at radius 3 is 2.76 bits per heavy atom. The maximum atomic E-state index is 12.5. The third kappa shape index (κ3) is 7.35. The zero-order valence-corrected chi connectivity index (χ0v) is 23.2. The number of fused-ring (bicyclic) bond motifs is 1. The van der Waals surface area contributed by atoms with Gasteiger partial charge in [-0.2, -0.15) is 5.26 Å². The molecule has 1 aliphatic rings. The highest BCUT2D eigenvalue weighted by Gasteiger charge is 2.30. The highest BCUT2D eigenvalue weighted by atomic mass is 35.5. The van der Waals surface area contributed by atoms with Crippen molar-refractivity contribution in [2.45, 2.75) is 62.6 Å². The number of imidazole rings is 1. The number of hydrogen-bond acceptors (Lipinski definition) is 6. The predicted octanol–water partition coefficient (Wildman–Crippen LogP) is 4.60. The molecule has 1 aliphatic carbocycles. The average molecular weight is 543 g/mol. The number of aromatic nitrogens is 2. The van der Waals surface area contributed by atoms with E-state index in [0.29, 0.717) is 30.7 Å². The van der Waals surface area contributed by atoms with Crippen molar-refractivity contribution < 1.29 is 13.2 Å². The lowest BCUT2D eigenvalue weighted by Crippen LogP contribution is -2.42. The Hall–Kier alpha value is -2.86. The van der Waals surface area contributed by atoms with E-state index in [9.17, 15) is 13.7 Å². The van der Waals surface area contributed by atoms with Gasteiger partial charge in [-0.05, 0) is 66.6 Å².